The molecule has 47 heavy (non-hydrogen) atoms. The standard InChI is InChI=1S/C46H28S/c1-2-11-29(12-3-1)32-25-33(36-23-24-44-46-39(36)18-10-19-40(46)38-17-8-9-20-43(38)47-44)27-34(26-32)45-37-16-7-5-14-31(37)28-42-35-15-6-4-13-30(35)21-22-41(42)45/h1-28H/i1D,2D,3D,4D,5D,6D,7D,8D,9D,10D,11D,12D,13D,14D,15D,16D,17D,18D,19D,20D,21D,22D,23D,24D,25D,26D,27D,28D. The number of hydrogen-bond acceptors (Lipinski definition) is 1. The molecule has 0 N–H and O–H groups in total. The number of rotatable bonds is 3. The van der Waals surface area contributed by atoms with Gasteiger partial charge in [0.2, 0.25) is 0 Å². The van der Waals surface area contributed by atoms with Crippen molar-refractivity contribution in [2.45, 2.75) is 9.79 Å². The first-order valence-corrected chi connectivity index (χ1v) is 14.7. The van der Waals surface area contributed by atoms with Crippen LogP contribution < -0.4 is 0 Å². The van der Waals surface area contributed by atoms with E-state index in [4.69, 9.17) is 24.7 Å². The van der Waals surface area contributed by atoms with Crippen LogP contribution in [0.25, 0.3) is 87.6 Å². The largest absolute Gasteiger partial charge is 0.0888 e. The zero-order valence-corrected chi connectivity index (χ0v) is 24.2. The van der Waals surface area contributed by atoms with Gasteiger partial charge in [-0.05, 0) is 118 Å². The van der Waals surface area contributed by atoms with Crippen molar-refractivity contribution in [2.24, 2.45) is 0 Å². The second-order valence-corrected chi connectivity index (χ2v) is 11.3. The Labute approximate surface area is 317 Å². The summed E-state index contributed by atoms with van der Waals surface area (Å²) < 4.78 is 255. The van der Waals surface area contributed by atoms with Gasteiger partial charge in [-0.2, -0.15) is 0 Å². The van der Waals surface area contributed by atoms with E-state index in [2.05, 4.69) is 0 Å². The van der Waals surface area contributed by atoms with Gasteiger partial charge in [0.15, 0.2) is 0 Å². The highest BCUT2D eigenvalue weighted by Gasteiger charge is 2.21. The normalized spacial score (nSPS) is 20.5. The molecular formula is C46H28S. The van der Waals surface area contributed by atoms with Gasteiger partial charge in [-0.25, -0.2) is 0 Å². The predicted molar refractivity (Wildman–Crippen MR) is 202 cm³/mol. The molecule has 10 rings (SSSR count). The van der Waals surface area contributed by atoms with Crippen LogP contribution in [-0.2, 0) is 0 Å². The fourth-order valence-corrected chi connectivity index (χ4v) is 6.67. The molecule has 0 spiro atoms. The molecule has 0 unspecified atom stereocenters. The third-order valence-electron chi connectivity index (χ3n) is 7.70. The van der Waals surface area contributed by atoms with Crippen LogP contribution in [0.1, 0.15) is 38.4 Å². The smallest absolute Gasteiger partial charge is 0.0636 e. The lowest BCUT2D eigenvalue weighted by Crippen LogP contribution is -1.94. The van der Waals surface area contributed by atoms with E-state index in [-0.39, 0.29) is 20.7 Å². The number of hydrogen-bond donors (Lipinski definition) is 0. The van der Waals surface area contributed by atoms with Crippen molar-refractivity contribution >= 4 is 54.9 Å². The molecule has 218 valence electrons. The third kappa shape index (κ3) is 4.17. The molecule has 1 aliphatic heterocycles. The van der Waals surface area contributed by atoms with Crippen molar-refractivity contribution in [3.05, 3.63) is 169 Å². The molecule has 0 aliphatic carbocycles. The molecule has 0 atom stereocenters. The molecule has 0 aromatic heterocycles. The molecule has 9 aromatic rings. The molecule has 0 bridgehead atoms. The predicted octanol–water partition coefficient (Wildman–Crippen LogP) is 13.4. The van der Waals surface area contributed by atoms with E-state index in [1.54, 1.807) is 0 Å². The Morgan fingerprint density at radius 3 is 1.96 bits per heavy atom. The average Bonchev–Trinajstić information content (AvgIpc) is 3.39. The Bertz CT molecular complexity index is 4270. The number of fused-ring (bicyclic) bond motifs is 6. The summed E-state index contributed by atoms with van der Waals surface area (Å²) in [5.41, 5.74) is -5.97. The summed E-state index contributed by atoms with van der Waals surface area (Å²) in [7, 11) is 0. The van der Waals surface area contributed by atoms with Crippen LogP contribution in [0.2, 0.25) is 0 Å². The Kier molecular flexibility index (Phi) is 2.44. The van der Waals surface area contributed by atoms with E-state index in [0.29, 0.717) is 11.8 Å². The van der Waals surface area contributed by atoms with Gasteiger partial charge >= 0.3 is 0 Å². The van der Waals surface area contributed by atoms with Crippen molar-refractivity contribution in [3.63, 3.8) is 0 Å². The van der Waals surface area contributed by atoms with Gasteiger partial charge in [0.25, 0.3) is 0 Å². The highest BCUT2D eigenvalue weighted by molar-refractivity contribution is 7.99. The maximum absolute atomic E-state index is 10.2. The quantitative estimate of drug-likeness (QED) is 0.137. The molecule has 0 nitrogen and oxygen atoms in total. The minimum atomic E-state index is -1.12. The summed E-state index contributed by atoms with van der Waals surface area (Å²) in [5.74, 6) is 0. The monoisotopic (exact) mass is 640 g/mol. The molecule has 0 amide bonds. The second kappa shape index (κ2) is 10.5. The molecular weight excluding hydrogens is 585 g/mol. The Morgan fingerprint density at radius 2 is 1.04 bits per heavy atom. The third-order valence-corrected chi connectivity index (χ3v) is 8.72. The van der Waals surface area contributed by atoms with Gasteiger partial charge in [0, 0.05) is 15.2 Å². The topological polar surface area (TPSA) is 0 Å². The lowest BCUT2D eigenvalue weighted by Gasteiger charge is -2.22. The van der Waals surface area contributed by atoms with Gasteiger partial charge in [-0.15, -0.1) is 0 Å². The minimum absolute atomic E-state index is 0.203. The van der Waals surface area contributed by atoms with Crippen LogP contribution in [0.4, 0.5) is 0 Å². The first-order valence-electron chi connectivity index (χ1n) is 27.9. The van der Waals surface area contributed by atoms with Crippen molar-refractivity contribution < 1.29 is 38.4 Å². The molecule has 0 radical (unpaired) electrons. The fourth-order valence-electron chi connectivity index (χ4n) is 5.70. The molecule has 0 fully saturated rings. The van der Waals surface area contributed by atoms with Crippen LogP contribution >= 0.6 is 11.8 Å². The van der Waals surface area contributed by atoms with Gasteiger partial charge < -0.3 is 0 Å². The van der Waals surface area contributed by atoms with Gasteiger partial charge in [0.05, 0.1) is 38.4 Å². The maximum Gasteiger partial charge on any atom is 0.0636 e. The molecule has 1 aliphatic rings. The molecule has 0 saturated carbocycles. The van der Waals surface area contributed by atoms with E-state index >= 15 is 0 Å². The van der Waals surface area contributed by atoms with Crippen LogP contribution in [0.5, 0.6) is 0 Å². The van der Waals surface area contributed by atoms with E-state index in [1.807, 2.05) is 0 Å². The Balaban J connectivity index is 1.57. The molecule has 1 heteroatoms. The van der Waals surface area contributed by atoms with Gasteiger partial charge in [0.1, 0.15) is 0 Å². The highest BCUT2D eigenvalue weighted by Crippen LogP contribution is 2.50. The summed E-state index contributed by atoms with van der Waals surface area (Å²) >= 11 is 0.582. The van der Waals surface area contributed by atoms with E-state index in [9.17, 15) is 13.7 Å². The highest BCUT2D eigenvalue weighted by atomic mass is 32.2. The fraction of sp³-hybridized carbons (Fsp3) is 0. The van der Waals surface area contributed by atoms with Crippen LogP contribution in [-0.4, -0.2) is 0 Å². The average molecular weight is 641 g/mol. The summed E-state index contributed by atoms with van der Waals surface area (Å²) in [6.07, 6.45) is 0. The van der Waals surface area contributed by atoms with Crippen molar-refractivity contribution in [3.8, 4) is 44.5 Å². The van der Waals surface area contributed by atoms with E-state index in [1.165, 1.54) is 0 Å². The van der Waals surface area contributed by atoms with Gasteiger partial charge in [-0.1, -0.05) is 145 Å². The lowest BCUT2D eigenvalue weighted by atomic mass is 9.86. The zero-order valence-electron chi connectivity index (χ0n) is 51.4. The van der Waals surface area contributed by atoms with E-state index < -0.39 is 246 Å². The van der Waals surface area contributed by atoms with Crippen molar-refractivity contribution in [1.82, 2.24) is 0 Å². The van der Waals surface area contributed by atoms with Crippen LogP contribution in [0.15, 0.2) is 179 Å². The lowest BCUT2D eigenvalue weighted by molar-refractivity contribution is 1.40. The first-order chi connectivity index (χ1) is 35.0. The Morgan fingerprint density at radius 1 is 0.340 bits per heavy atom. The minimum Gasteiger partial charge on any atom is -0.0888 e. The molecule has 9 aromatic carbocycles. The zero-order chi connectivity index (χ0) is 55.3. The van der Waals surface area contributed by atoms with Crippen LogP contribution in [0, 0.1) is 0 Å². The summed E-state index contributed by atoms with van der Waals surface area (Å²) in [4.78, 5) is -0.460. The summed E-state index contributed by atoms with van der Waals surface area (Å²) in [5, 5.41) is -4.90. The Hall–Kier alpha value is -5.63. The van der Waals surface area contributed by atoms with Crippen LogP contribution in [0.3, 0.4) is 0 Å². The van der Waals surface area contributed by atoms with E-state index in [0.717, 1.165) is 0 Å². The molecule has 1 heterocycles. The summed E-state index contributed by atoms with van der Waals surface area (Å²) in [6, 6.07) is -25.4. The van der Waals surface area contributed by atoms with Crippen molar-refractivity contribution in [1.29, 1.82) is 0 Å². The molecule has 0 saturated heterocycles. The first kappa shape index (κ1) is 11.0. The maximum atomic E-state index is 10.2. The summed E-state index contributed by atoms with van der Waals surface area (Å²) in [6.45, 7) is 0. The second-order valence-electron chi connectivity index (χ2n) is 10.3. The van der Waals surface area contributed by atoms with Gasteiger partial charge in [-0.3, -0.25) is 0 Å². The SMILES string of the molecule is [2H]c1c([2H])c([2H])c(-c2c([2H])c(-c3c([2H])c([2H])c4c5c(c([2H])c([2H])c([2H])c35)-c3c([2H])c([2H])c([2H])c([2H])c3S4)c([2H])c(-c3c4c([2H])c([2H])c([2H])c([2H])c4c([2H])c4c3c([2H])c([2H])c3c([2H])c([2H])c([2H])c([2H])c34)c2[2H])c([2H])c1[2H]. The van der Waals surface area contributed by atoms with Crippen molar-refractivity contribution in [2.75, 3.05) is 0 Å². The number of benzene rings is 9.